The number of allylic oxidation sites excluding steroid dienone is 1. The zero-order valence-corrected chi connectivity index (χ0v) is 15.2. The lowest BCUT2D eigenvalue weighted by molar-refractivity contribution is 0.354. The second kappa shape index (κ2) is 6.50. The Labute approximate surface area is 155 Å². The largest absolute Gasteiger partial charge is 0.493 e. The van der Waals surface area contributed by atoms with Gasteiger partial charge >= 0.3 is 0 Å². The summed E-state index contributed by atoms with van der Waals surface area (Å²) in [6.07, 6.45) is 2.74. The van der Waals surface area contributed by atoms with Crippen LogP contribution in [0.1, 0.15) is 17.8 Å². The quantitative estimate of drug-likeness (QED) is 0.701. The Morgan fingerprint density at radius 3 is 2.81 bits per heavy atom. The number of nitrogens with zero attached hydrogens (tertiary/aromatic N) is 2. The zero-order valence-electron chi connectivity index (χ0n) is 14.5. The number of benzene rings is 2. The van der Waals surface area contributed by atoms with Crippen molar-refractivity contribution in [2.24, 2.45) is 0 Å². The van der Waals surface area contributed by atoms with Gasteiger partial charge in [-0.2, -0.15) is 0 Å². The third-order valence-corrected chi connectivity index (χ3v) is 4.81. The predicted molar refractivity (Wildman–Crippen MR) is 103 cm³/mol. The summed E-state index contributed by atoms with van der Waals surface area (Å²) in [5.41, 5.74) is 2.47. The van der Waals surface area contributed by atoms with Crippen LogP contribution < -0.4 is 15.0 Å². The van der Waals surface area contributed by atoms with Gasteiger partial charge in [-0.1, -0.05) is 23.7 Å². The van der Waals surface area contributed by atoms with Crippen molar-refractivity contribution in [3.63, 3.8) is 0 Å². The number of fused-ring (bicyclic) bond motifs is 2. The highest BCUT2D eigenvalue weighted by molar-refractivity contribution is 6.31. The molecule has 2 aromatic carbocycles. The molecule has 0 saturated heterocycles. The second-order valence-electron chi connectivity index (χ2n) is 6.06. The molecule has 0 unspecified atom stereocenters. The molecule has 0 radical (unpaired) electrons. The van der Waals surface area contributed by atoms with Gasteiger partial charge in [0.25, 0.3) is 5.56 Å². The fraction of sp³-hybridized carbons (Fsp3) is 0.200. The van der Waals surface area contributed by atoms with Crippen LogP contribution in [0.15, 0.2) is 41.2 Å². The van der Waals surface area contributed by atoms with E-state index in [-0.39, 0.29) is 5.56 Å². The minimum Gasteiger partial charge on any atom is -0.493 e. The molecule has 0 fully saturated rings. The van der Waals surface area contributed by atoms with E-state index in [2.05, 4.69) is 0 Å². The third kappa shape index (κ3) is 2.65. The first-order valence-corrected chi connectivity index (χ1v) is 8.62. The minimum atomic E-state index is -0.0616. The maximum atomic E-state index is 12.8. The number of para-hydroxylation sites is 1. The van der Waals surface area contributed by atoms with Gasteiger partial charge in [0.1, 0.15) is 5.82 Å². The lowest BCUT2D eigenvalue weighted by Gasteiger charge is -2.11. The molecular formula is C20H17ClN2O3. The molecule has 1 aliphatic heterocycles. The van der Waals surface area contributed by atoms with E-state index in [0.717, 1.165) is 17.6 Å². The molecule has 0 aliphatic carbocycles. The predicted octanol–water partition coefficient (Wildman–Crippen LogP) is 4.01. The van der Waals surface area contributed by atoms with E-state index in [0.29, 0.717) is 39.8 Å². The average Bonchev–Trinajstić information content (AvgIpc) is 3.05. The summed E-state index contributed by atoms with van der Waals surface area (Å²) in [6.45, 7) is 0.599. The lowest BCUT2D eigenvalue weighted by Crippen LogP contribution is -2.20. The van der Waals surface area contributed by atoms with Crippen LogP contribution in [0.3, 0.4) is 0 Å². The van der Waals surface area contributed by atoms with Crippen molar-refractivity contribution in [2.45, 2.75) is 13.0 Å². The Balaban J connectivity index is 1.89. The van der Waals surface area contributed by atoms with Crippen LogP contribution in [0, 0.1) is 0 Å². The zero-order chi connectivity index (χ0) is 18.3. The topological polar surface area (TPSA) is 53.4 Å². The molecule has 0 saturated carbocycles. The molecule has 4 rings (SSSR count). The maximum absolute atomic E-state index is 12.8. The van der Waals surface area contributed by atoms with Crippen LogP contribution in [0.2, 0.25) is 5.02 Å². The van der Waals surface area contributed by atoms with E-state index in [1.54, 1.807) is 37.0 Å². The molecule has 0 amide bonds. The highest BCUT2D eigenvalue weighted by atomic mass is 35.5. The molecule has 0 N–H and O–H groups in total. The Morgan fingerprint density at radius 2 is 2.04 bits per heavy atom. The number of hydrogen-bond donors (Lipinski definition) is 0. The molecule has 1 aliphatic rings. The van der Waals surface area contributed by atoms with Crippen molar-refractivity contribution >= 4 is 34.2 Å². The number of halogens is 1. The van der Waals surface area contributed by atoms with E-state index >= 15 is 0 Å². The van der Waals surface area contributed by atoms with E-state index < -0.39 is 0 Å². The van der Waals surface area contributed by atoms with Gasteiger partial charge in [0.2, 0.25) is 0 Å². The molecule has 3 aromatic rings. The molecule has 1 aromatic heterocycles. The van der Waals surface area contributed by atoms with Gasteiger partial charge in [0, 0.05) is 17.1 Å². The molecule has 6 heteroatoms. The van der Waals surface area contributed by atoms with Gasteiger partial charge in [-0.15, -0.1) is 0 Å². The molecule has 0 atom stereocenters. The fourth-order valence-corrected chi connectivity index (χ4v) is 3.51. The number of methoxy groups -OCH3 is 2. The Kier molecular flexibility index (Phi) is 4.17. The summed E-state index contributed by atoms with van der Waals surface area (Å²) in [5.74, 6) is 2.02. The Hall–Kier alpha value is -2.79. The second-order valence-corrected chi connectivity index (χ2v) is 6.49. The number of rotatable bonds is 3. The summed E-state index contributed by atoms with van der Waals surface area (Å²) in [6, 6.07) is 10.9. The van der Waals surface area contributed by atoms with Gasteiger partial charge in [-0.3, -0.25) is 9.36 Å². The molecular weight excluding hydrogens is 352 g/mol. The maximum Gasteiger partial charge on any atom is 0.261 e. The summed E-state index contributed by atoms with van der Waals surface area (Å²) in [5, 5.41) is 1.08. The van der Waals surface area contributed by atoms with Crippen LogP contribution in [0.5, 0.6) is 11.5 Å². The molecule has 0 spiro atoms. The van der Waals surface area contributed by atoms with Gasteiger partial charge in [-0.05, 0) is 42.3 Å². The molecule has 132 valence electrons. The first-order valence-electron chi connectivity index (χ1n) is 8.24. The number of hydrogen-bond acceptors (Lipinski definition) is 4. The van der Waals surface area contributed by atoms with Crippen molar-refractivity contribution < 1.29 is 9.47 Å². The lowest BCUT2D eigenvalue weighted by atomic mass is 10.1. The van der Waals surface area contributed by atoms with E-state index in [1.165, 1.54) is 0 Å². The smallest absolute Gasteiger partial charge is 0.261 e. The van der Waals surface area contributed by atoms with Gasteiger partial charge in [0.15, 0.2) is 11.5 Å². The summed E-state index contributed by atoms with van der Waals surface area (Å²) in [7, 11) is 3.22. The highest BCUT2D eigenvalue weighted by Gasteiger charge is 2.21. The van der Waals surface area contributed by atoms with Crippen LogP contribution in [-0.4, -0.2) is 23.8 Å². The van der Waals surface area contributed by atoms with Crippen LogP contribution in [-0.2, 0) is 6.54 Å². The first-order chi connectivity index (χ1) is 12.6. The average molecular weight is 369 g/mol. The van der Waals surface area contributed by atoms with Crippen molar-refractivity contribution in [1.82, 2.24) is 9.55 Å². The van der Waals surface area contributed by atoms with Crippen molar-refractivity contribution in [2.75, 3.05) is 14.2 Å². The summed E-state index contributed by atoms with van der Waals surface area (Å²) in [4.78, 5) is 17.5. The SMILES string of the molecule is COc1cccc(/C=C2/CCn3c2nc2ccc(Cl)cc2c3=O)c1OC. The van der Waals surface area contributed by atoms with Gasteiger partial charge in [0.05, 0.1) is 25.1 Å². The third-order valence-electron chi connectivity index (χ3n) is 4.57. The fourth-order valence-electron chi connectivity index (χ4n) is 3.34. The van der Waals surface area contributed by atoms with Crippen LogP contribution in [0.25, 0.3) is 22.6 Å². The standard InChI is InChI=1S/C20H17ClN2O3/c1-25-17-5-3-4-12(18(17)26-2)10-13-8-9-23-19(13)22-16-7-6-14(21)11-15(16)20(23)24/h3-7,10-11H,8-9H2,1-2H3/b13-10-. The molecule has 2 heterocycles. The summed E-state index contributed by atoms with van der Waals surface area (Å²) < 4.78 is 12.6. The van der Waals surface area contributed by atoms with Gasteiger partial charge in [-0.25, -0.2) is 4.98 Å². The van der Waals surface area contributed by atoms with E-state index in [9.17, 15) is 4.79 Å². The molecule has 26 heavy (non-hydrogen) atoms. The normalized spacial score (nSPS) is 14.7. The van der Waals surface area contributed by atoms with Crippen LogP contribution in [0.4, 0.5) is 0 Å². The van der Waals surface area contributed by atoms with Crippen molar-refractivity contribution in [3.05, 3.63) is 63.2 Å². The minimum absolute atomic E-state index is 0.0616. The summed E-state index contributed by atoms with van der Waals surface area (Å²) >= 11 is 6.03. The molecule has 0 bridgehead atoms. The molecule has 5 nitrogen and oxygen atoms in total. The van der Waals surface area contributed by atoms with Gasteiger partial charge < -0.3 is 9.47 Å². The highest BCUT2D eigenvalue weighted by Crippen LogP contribution is 2.35. The number of ether oxygens (including phenoxy) is 2. The Bertz CT molecular complexity index is 1100. The van der Waals surface area contributed by atoms with Crippen LogP contribution >= 0.6 is 11.6 Å². The Morgan fingerprint density at radius 1 is 1.19 bits per heavy atom. The van der Waals surface area contributed by atoms with Crippen molar-refractivity contribution in [3.8, 4) is 11.5 Å². The monoisotopic (exact) mass is 368 g/mol. The van der Waals surface area contributed by atoms with Crippen molar-refractivity contribution in [1.29, 1.82) is 0 Å². The van der Waals surface area contributed by atoms with E-state index in [1.807, 2.05) is 24.3 Å². The van der Waals surface area contributed by atoms with E-state index in [4.69, 9.17) is 26.1 Å². The number of aromatic nitrogens is 2. The first kappa shape index (κ1) is 16.7.